The second-order valence-corrected chi connectivity index (χ2v) is 7.08. The Morgan fingerprint density at radius 3 is 2.48 bits per heavy atom. The van der Waals surface area contributed by atoms with E-state index < -0.39 is 11.5 Å². The molecule has 25 heavy (non-hydrogen) atoms. The van der Waals surface area contributed by atoms with Gasteiger partial charge in [-0.3, -0.25) is 9.36 Å². The minimum absolute atomic E-state index is 0.345. The molecule has 6 nitrogen and oxygen atoms in total. The van der Waals surface area contributed by atoms with Crippen molar-refractivity contribution in [2.75, 3.05) is 7.11 Å². The van der Waals surface area contributed by atoms with Crippen molar-refractivity contribution in [3.63, 3.8) is 0 Å². The summed E-state index contributed by atoms with van der Waals surface area (Å²) in [5, 5.41) is 11.8. The fourth-order valence-electron chi connectivity index (χ4n) is 2.83. The number of benzene rings is 1. The van der Waals surface area contributed by atoms with E-state index in [9.17, 15) is 14.7 Å². The van der Waals surface area contributed by atoms with E-state index in [0.29, 0.717) is 16.0 Å². The van der Waals surface area contributed by atoms with Gasteiger partial charge in [-0.25, -0.2) is 9.78 Å². The van der Waals surface area contributed by atoms with Gasteiger partial charge in [0.15, 0.2) is 0 Å². The summed E-state index contributed by atoms with van der Waals surface area (Å²) in [6, 6.07) is 7.37. The lowest BCUT2D eigenvalue weighted by Crippen LogP contribution is -2.44. The number of aromatic nitrogens is 2. The number of fused-ring (bicyclic) bond motifs is 1. The van der Waals surface area contributed by atoms with Gasteiger partial charge in [-0.2, -0.15) is 0 Å². The molecule has 0 saturated heterocycles. The first-order chi connectivity index (χ1) is 11.8. The maximum Gasteiger partial charge on any atom is 0.329 e. The predicted molar refractivity (Wildman–Crippen MR) is 97.6 cm³/mol. The Bertz CT molecular complexity index is 1020. The molecule has 0 fully saturated rings. The molecule has 2 heterocycles. The first-order valence-electron chi connectivity index (χ1n) is 7.66. The zero-order chi connectivity index (χ0) is 18.4. The molecule has 0 unspecified atom stereocenters. The molecule has 0 bridgehead atoms. The SMILES string of the molecule is COc1ccc(-c2csc3nc(C)n(C(C)(C)C(=O)O)c(=O)c23)cc1. The number of carboxylic acids is 1. The molecule has 2 aromatic heterocycles. The van der Waals surface area contributed by atoms with Crippen LogP contribution in [0.5, 0.6) is 5.75 Å². The number of hydrogen-bond donors (Lipinski definition) is 1. The monoisotopic (exact) mass is 358 g/mol. The molecule has 0 amide bonds. The fraction of sp³-hybridized carbons (Fsp3) is 0.278. The van der Waals surface area contributed by atoms with Crippen molar-refractivity contribution in [2.24, 2.45) is 0 Å². The van der Waals surface area contributed by atoms with E-state index in [1.807, 2.05) is 29.6 Å². The zero-order valence-corrected chi connectivity index (χ0v) is 15.2. The summed E-state index contributed by atoms with van der Waals surface area (Å²) in [4.78, 5) is 29.8. The number of hydrogen-bond acceptors (Lipinski definition) is 5. The smallest absolute Gasteiger partial charge is 0.329 e. The molecule has 0 radical (unpaired) electrons. The van der Waals surface area contributed by atoms with Crippen molar-refractivity contribution >= 4 is 27.5 Å². The fourth-order valence-corrected chi connectivity index (χ4v) is 3.81. The predicted octanol–water partition coefficient (Wildman–Crippen LogP) is 3.26. The van der Waals surface area contributed by atoms with Crippen LogP contribution in [0.15, 0.2) is 34.4 Å². The van der Waals surface area contributed by atoms with E-state index in [2.05, 4.69) is 4.98 Å². The molecule has 0 aliphatic rings. The topological polar surface area (TPSA) is 81.4 Å². The number of aliphatic carboxylic acids is 1. The summed E-state index contributed by atoms with van der Waals surface area (Å²) in [7, 11) is 1.59. The summed E-state index contributed by atoms with van der Waals surface area (Å²) in [6.45, 7) is 4.64. The standard InChI is InChI=1S/C18H18N2O4S/c1-10-19-15-14(16(21)20(10)18(2,3)17(22)23)13(9-25-15)11-5-7-12(24-4)8-6-11/h5-9H,1-4H3,(H,22,23). The molecule has 0 atom stereocenters. The Labute approximate surface area is 148 Å². The van der Waals surface area contributed by atoms with Crippen molar-refractivity contribution in [1.82, 2.24) is 9.55 Å². The number of methoxy groups -OCH3 is 1. The maximum absolute atomic E-state index is 13.1. The van der Waals surface area contributed by atoms with Crippen LogP contribution in [0.25, 0.3) is 21.3 Å². The summed E-state index contributed by atoms with van der Waals surface area (Å²) in [6.07, 6.45) is 0. The lowest BCUT2D eigenvalue weighted by molar-refractivity contribution is -0.145. The number of aryl methyl sites for hydroxylation is 1. The van der Waals surface area contributed by atoms with Crippen LogP contribution >= 0.6 is 11.3 Å². The number of rotatable bonds is 4. The van der Waals surface area contributed by atoms with Gasteiger partial charge in [0.1, 0.15) is 21.9 Å². The molecule has 3 aromatic rings. The van der Waals surface area contributed by atoms with Crippen molar-refractivity contribution in [2.45, 2.75) is 26.3 Å². The lowest BCUT2D eigenvalue weighted by Gasteiger charge is -2.24. The first-order valence-corrected chi connectivity index (χ1v) is 8.54. The third-order valence-electron chi connectivity index (χ3n) is 4.26. The molecular weight excluding hydrogens is 340 g/mol. The third-order valence-corrected chi connectivity index (χ3v) is 5.13. The van der Waals surface area contributed by atoms with E-state index >= 15 is 0 Å². The van der Waals surface area contributed by atoms with Gasteiger partial charge in [-0.15, -0.1) is 11.3 Å². The third kappa shape index (κ3) is 2.70. The second-order valence-electron chi connectivity index (χ2n) is 6.22. The number of nitrogens with zero attached hydrogens (tertiary/aromatic N) is 2. The van der Waals surface area contributed by atoms with Crippen molar-refractivity contribution < 1.29 is 14.6 Å². The van der Waals surface area contributed by atoms with Gasteiger partial charge in [0.2, 0.25) is 0 Å². The molecule has 1 N–H and O–H groups in total. The molecule has 0 aliphatic carbocycles. The van der Waals surface area contributed by atoms with Gasteiger partial charge < -0.3 is 9.84 Å². The molecular formula is C18H18N2O4S. The second kappa shape index (κ2) is 6.00. The minimum atomic E-state index is -1.39. The number of thiophene rings is 1. The van der Waals surface area contributed by atoms with Crippen LogP contribution in [0.1, 0.15) is 19.7 Å². The minimum Gasteiger partial charge on any atom is -0.497 e. The molecule has 7 heteroatoms. The molecule has 0 spiro atoms. The van der Waals surface area contributed by atoms with Crippen molar-refractivity contribution in [3.05, 3.63) is 45.8 Å². The normalized spacial score (nSPS) is 11.7. The van der Waals surface area contributed by atoms with E-state index in [-0.39, 0.29) is 5.56 Å². The molecule has 0 saturated carbocycles. The van der Waals surface area contributed by atoms with E-state index in [1.165, 1.54) is 29.8 Å². The highest BCUT2D eigenvalue weighted by molar-refractivity contribution is 7.17. The van der Waals surface area contributed by atoms with Crippen LogP contribution < -0.4 is 10.3 Å². The van der Waals surface area contributed by atoms with E-state index in [4.69, 9.17) is 4.74 Å². The van der Waals surface area contributed by atoms with Gasteiger partial charge in [-0.05, 0) is 38.5 Å². The average molecular weight is 358 g/mol. The first kappa shape index (κ1) is 17.2. The lowest BCUT2D eigenvalue weighted by atomic mass is 10.0. The molecule has 3 rings (SSSR count). The zero-order valence-electron chi connectivity index (χ0n) is 14.4. The highest BCUT2D eigenvalue weighted by Gasteiger charge is 2.33. The Morgan fingerprint density at radius 1 is 1.28 bits per heavy atom. The molecule has 130 valence electrons. The van der Waals surface area contributed by atoms with Gasteiger partial charge in [0, 0.05) is 10.9 Å². The molecule has 1 aromatic carbocycles. The van der Waals surface area contributed by atoms with Crippen LogP contribution in [0.4, 0.5) is 0 Å². The van der Waals surface area contributed by atoms with Crippen LogP contribution in [-0.2, 0) is 10.3 Å². The largest absolute Gasteiger partial charge is 0.497 e. The van der Waals surface area contributed by atoms with Crippen LogP contribution in [0.3, 0.4) is 0 Å². The van der Waals surface area contributed by atoms with E-state index in [0.717, 1.165) is 16.9 Å². The van der Waals surface area contributed by atoms with Crippen molar-refractivity contribution in [3.8, 4) is 16.9 Å². The summed E-state index contributed by atoms with van der Waals surface area (Å²) >= 11 is 1.37. The highest BCUT2D eigenvalue weighted by atomic mass is 32.1. The maximum atomic E-state index is 13.1. The van der Waals surface area contributed by atoms with E-state index in [1.54, 1.807) is 14.0 Å². The number of ether oxygens (including phenoxy) is 1. The molecule has 0 aliphatic heterocycles. The van der Waals surface area contributed by atoms with Crippen molar-refractivity contribution in [1.29, 1.82) is 0 Å². The Balaban J connectivity index is 2.30. The average Bonchev–Trinajstić information content (AvgIpc) is 2.98. The Kier molecular flexibility index (Phi) is 4.12. The highest BCUT2D eigenvalue weighted by Crippen LogP contribution is 2.32. The summed E-state index contributed by atoms with van der Waals surface area (Å²) in [5.74, 6) is 0.0229. The van der Waals surface area contributed by atoms with Gasteiger partial charge >= 0.3 is 5.97 Å². The number of carboxylic acid groups (broad SMARTS) is 1. The van der Waals surface area contributed by atoms with Gasteiger partial charge in [-0.1, -0.05) is 12.1 Å². The Morgan fingerprint density at radius 2 is 1.92 bits per heavy atom. The van der Waals surface area contributed by atoms with Crippen LogP contribution in [-0.4, -0.2) is 27.7 Å². The number of carbonyl (C=O) groups is 1. The van der Waals surface area contributed by atoms with Crippen LogP contribution in [0.2, 0.25) is 0 Å². The summed E-state index contributed by atoms with van der Waals surface area (Å²) < 4.78 is 6.41. The Hall–Kier alpha value is -2.67. The van der Waals surface area contributed by atoms with Gasteiger partial charge in [0.25, 0.3) is 5.56 Å². The van der Waals surface area contributed by atoms with Gasteiger partial charge in [0.05, 0.1) is 12.5 Å². The quantitative estimate of drug-likeness (QED) is 0.774. The summed E-state index contributed by atoms with van der Waals surface area (Å²) in [5.41, 5.74) is -0.131. The van der Waals surface area contributed by atoms with Crippen LogP contribution in [0, 0.1) is 6.92 Å².